The first kappa shape index (κ1) is 22.5. The molecular weight excluding hydrogens is 444 g/mol. The maximum absolute atomic E-state index is 11.8. The van der Waals surface area contributed by atoms with Crippen molar-refractivity contribution >= 4 is 28.1 Å². The van der Waals surface area contributed by atoms with Gasteiger partial charge in [-0.25, -0.2) is 24.1 Å². The van der Waals surface area contributed by atoms with Crippen LogP contribution in [0.4, 0.5) is 5.82 Å². The van der Waals surface area contributed by atoms with Gasteiger partial charge in [-0.15, -0.1) is 0 Å². The fraction of sp³-hybridized carbons (Fsp3) is 0.273. The molecular formula is C22H24N6O4S. The number of hydrogen-bond donors (Lipinski definition) is 1. The summed E-state index contributed by atoms with van der Waals surface area (Å²) in [6.07, 6.45) is 1.53. The van der Waals surface area contributed by atoms with Gasteiger partial charge in [0.1, 0.15) is 33.9 Å². The minimum absolute atomic E-state index is 0.390. The van der Waals surface area contributed by atoms with Crippen molar-refractivity contribution in [3.63, 3.8) is 0 Å². The summed E-state index contributed by atoms with van der Waals surface area (Å²) in [6.45, 7) is 4.16. The average Bonchev–Trinajstić information content (AvgIpc) is 3.16. The molecule has 0 saturated heterocycles. The summed E-state index contributed by atoms with van der Waals surface area (Å²) in [5, 5.41) is 0. The third kappa shape index (κ3) is 4.31. The molecule has 0 spiro atoms. The van der Waals surface area contributed by atoms with Crippen LogP contribution in [0, 0.1) is 6.92 Å². The lowest BCUT2D eigenvalue weighted by atomic mass is 10.2. The fourth-order valence-electron chi connectivity index (χ4n) is 3.41. The van der Waals surface area contributed by atoms with Gasteiger partial charge in [-0.05, 0) is 32.0 Å². The van der Waals surface area contributed by atoms with Crippen LogP contribution in [0.5, 0.6) is 17.4 Å². The van der Waals surface area contributed by atoms with E-state index in [2.05, 4.69) is 14.7 Å². The molecule has 3 aromatic heterocycles. The van der Waals surface area contributed by atoms with Crippen molar-refractivity contribution in [2.24, 2.45) is 0 Å². The summed E-state index contributed by atoms with van der Waals surface area (Å²) in [7, 11) is 1.83. The lowest BCUT2D eigenvalue weighted by molar-refractivity contribution is 0.327. The number of hydrogen-bond acceptors (Lipinski definition) is 8. The van der Waals surface area contributed by atoms with Gasteiger partial charge in [0.05, 0.1) is 26.5 Å². The molecule has 11 heteroatoms. The quantitative estimate of drug-likeness (QED) is 0.419. The van der Waals surface area contributed by atoms with E-state index in [1.165, 1.54) is 6.26 Å². The predicted molar refractivity (Wildman–Crippen MR) is 127 cm³/mol. The molecule has 10 nitrogen and oxygen atoms in total. The number of nitrogens with zero attached hydrogens (tertiary/aromatic N) is 5. The summed E-state index contributed by atoms with van der Waals surface area (Å²) >= 11 is 0. The number of aryl methyl sites for hydroxylation is 1. The van der Waals surface area contributed by atoms with Crippen LogP contribution < -0.4 is 18.9 Å². The highest BCUT2D eigenvalue weighted by atomic mass is 32.2. The first-order valence-electron chi connectivity index (χ1n) is 10.2. The molecule has 3 heterocycles. The van der Waals surface area contributed by atoms with Gasteiger partial charge in [0.15, 0.2) is 22.9 Å². The molecule has 33 heavy (non-hydrogen) atoms. The number of rotatable bonds is 8. The van der Waals surface area contributed by atoms with E-state index in [4.69, 9.17) is 24.2 Å². The zero-order valence-electron chi connectivity index (χ0n) is 18.9. The van der Waals surface area contributed by atoms with E-state index in [-0.39, 0.29) is 0 Å². The number of fused-ring (bicyclic) bond motifs is 1. The van der Waals surface area contributed by atoms with Crippen LogP contribution in [0.2, 0.25) is 0 Å². The zero-order valence-corrected chi connectivity index (χ0v) is 19.8. The maximum atomic E-state index is 11.8. The van der Waals surface area contributed by atoms with Gasteiger partial charge in [0, 0.05) is 12.3 Å². The molecule has 0 aliphatic rings. The lowest BCUT2D eigenvalue weighted by Crippen LogP contribution is -2.09. The van der Waals surface area contributed by atoms with E-state index in [1.807, 2.05) is 37.3 Å². The second-order valence-electron chi connectivity index (χ2n) is 6.94. The van der Waals surface area contributed by atoms with E-state index >= 15 is 0 Å². The SMILES string of the molecule is CCOc1cccc(-c2nc3nc(C)c(NS(C)=O)nc3n2-c2c(OC)cccc2OC)n1. The number of imidazole rings is 1. The van der Waals surface area contributed by atoms with Gasteiger partial charge < -0.3 is 14.2 Å². The van der Waals surface area contributed by atoms with Crippen molar-refractivity contribution < 1.29 is 18.4 Å². The molecule has 0 fully saturated rings. The van der Waals surface area contributed by atoms with E-state index in [1.54, 1.807) is 31.8 Å². The van der Waals surface area contributed by atoms with Crippen LogP contribution in [0.3, 0.4) is 0 Å². The monoisotopic (exact) mass is 468 g/mol. The van der Waals surface area contributed by atoms with Crippen molar-refractivity contribution in [1.29, 1.82) is 0 Å². The van der Waals surface area contributed by atoms with Crippen LogP contribution in [0.15, 0.2) is 36.4 Å². The minimum atomic E-state index is -1.33. The minimum Gasteiger partial charge on any atom is -0.494 e. The summed E-state index contributed by atoms with van der Waals surface area (Å²) in [4.78, 5) is 18.7. The lowest BCUT2D eigenvalue weighted by Gasteiger charge is -2.16. The van der Waals surface area contributed by atoms with Crippen LogP contribution >= 0.6 is 0 Å². The van der Waals surface area contributed by atoms with Gasteiger partial charge in [0.25, 0.3) is 0 Å². The molecule has 0 saturated carbocycles. The molecule has 1 N–H and O–H groups in total. The van der Waals surface area contributed by atoms with Crippen molar-refractivity contribution in [3.05, 3.63) is 42.1 Å². The molecule has 0 aliphatic heterocycles. The third-order valence-corrected chi connectivity index (χ3v) is 5.26. The molecule has 0 bridgehead atoms. The Kier molecular flexibility index (Phi) is 6.40. The maximum Gasteiger partial charge on any atom is 0.213 e. The summed E-state index contributed by atoms with van der Waals surface area (Å²) in [6, 6.07) is 10.9. The van der Waals surface area contributed by atoms with Gasteiger partial charge in [0.2, 0.25) is 5.88 Å². The molecule has 1 atom stereocenters. The van der Waals surface area contributed by atoms with Gasteiger partial charge >= 0.3 is 0 Å². The Morgan fingerprint density at radius 3 is 2.33 bits per heavy atom. The van der Waals surface area contributed by atoms with E-state index < -0.39 is 11.0 Å². The number of benzene rings is 1. The largest absolute Gasteiger partial charge is 0.494 e. The number of para-hydroxylation sites is 1. The van der Waals surface area contributed by atoms with Crippen molar-refractivity contribution in [2.45, 2.75) is 13.8 Å². The van der Waals surface area contributed by atoms with Crippen LogP contribution in [-0.4, -0.2) is 55.8 Å². The molecule has 0 amide bonds. The van der Waals surface area contributed by atoms with Crippen molar-refractivity contribution in [1.82, 2.24) is 24.5 Å². The second kappa shape index (κ2) is 9.41. The van der Waals surface area contributed by atoms with Crippen LogP contribution in [-0.2, 0) is 11.0 Å². The number of methoxy groups -OCH3 is 2. The van der Waals surface area contributed by atoms with Gasteiger partial charge in [-0.3, -0.25) is 9.29 Å². The Balaban J connectivity index is 2.09. The molecule has 0 radical (unpaired) electrons. The fourth-order valence-corrected chi connectivity index (χ4v) is 3.88. The number of pyridine rings is 1. The van der Waals surface area contributed by atoms with E-state index in [9.17, 15) is 4.21 Å². The van der Waals surface area contributed by atoms with Gasteiger partial charge in [-0.2, -0.15) is 0 Å². The first-order chi connectivity index (χ1) is 16.0. The third-order valence-electron chi connectivity index (χ3n) is 4.78. The van der Waals surface area contributed by atoms with Crippen molar-refractivity contribution in [2.75, 3.05) is 31.8 Å². The topological polar surface area (TPSA) is 113 Å². The molecule has 1 unspecified atom stereocenters. The standard InChI is InChI=1S/C22H24N6O4S/c1-6-32-17-12-7-9-14(24-17)21-26-20-22(25-19(13(2)23-20)27-33(5)29)28(21)18-15(30-3)10-8-11-16(18)31-4/h7-12H,6H2,1-5H3,(H,25,27). The second-order valence-corrected chi connectivity index (χ2v) is 8.05. The Bertz CT molecular complexity index is 1320. The Morgan fingerprint density at radius 2 is 1.70 bits per heavy atom. The first-order valence-corrected chi connectivity index (χ1v) is 11.7. The number of anilines is 1. The molecule has 4 rings (SSSR count). The molecule has 4 aromatic rings. The highest BCUT2D eigenvalue weighted by molar-refractivity contribution is 7.85. The predicted octanol–water partition coefficient (Wildman–Crippen LogP) is 3.31. The summed E-state index contributed by atoms with van der Waals surface area (Å²) in [5.74, 6) is 2.43. The number of aromatic nitrogens is 5. The zero-order chi connectivity index (χ0) is 23.5. The molecule has 172 valence electrons. The van der Waals surface area contributed by atoms with E-state index in [0.29, 0.717) is 64.0 Å². The van der Waals surface area contributed by atoms with Crippen LogP contribution in [0.25, 0.3) is 28.5 Å². The van der Waals surface area contributed by atoms with E-state index in [0.717, 1.165) is 0 Å². The Labute approximate surface area is 193 Å². The van der Waals surface area contributed by atoms with Gasteiger partial charge in [-0.1, -0.05) is 12.1 Å². The number of nitrogens with one attached hydrogen (secondary N) is 1. The molecule has 1 aromatic carbocycles. The van der Waals surface area contributed by atoms with Crippen LogP contribution in [0.1, 0.15) is 12.6 Å². The normalized spacial score (nSPS) is 11.9. The average molecular weight is 469 g/mol. The Morgan fingerprint density at radius 1 is 1.00 bits per heavy atom. The van der Waals surface area contributed by atoms with Crippen molar-refractivity contribution in [3.8, 4) is 34.6 Å². The summed E-state index contributed by atoms with van der Waals surface area (Å²) in [5.41, 5.74) is 2.53. The Hall–Kier alpha value is -3.73. The highest BCUT2D eigenvalue weighted by Gasteiger charge is 2.24. The molecule has 0 aliphatic carbocycles. The summed E-state index contributed by atoms with van der Waals surface area (Å²) < 4.78 is 33.3. The number of ether oxygens (including phenoxy) is 3. The highest BCUT2D eigenvalue weighted by Crippen LogP contribution is 2.38. The smallest absolute Gasteiger partial charge is 0.213 e.